The summed E-state index contributed by atoms with van der Waals surface area (Å²) in [6, 6.07) is 9.44. The highest BCUT2D eigenvalue weighted by Gasteiger charge is 2.21. The summed E-state index contributed by atoms with van der Waals surface area (Å²) in [4.78, 5) is 12.6. The smallest absolute Gasteiger partial charge is 0.255 e. The standard InChI is InChI=1S/C20H28N2O3/c1-4-9-24-19-8-6-5-7-17(19)18(10-14(2)3)22-20(23)15-11-16(12-21)25-13-15/h5-8,11,13-14,18H,4,9-10,12,21H2,1-3H3,(H,22,23). The summed E-state index contributed by atoms with van der Waals surface area (Å²) in [5, 5.41) is 3.12. The second-order valence-corrected chi connectivity index (χ2v) is 6.55. The van der Waals surface area contributed by atoms with Gasteiger partial charge in [-0.1, -0.05) is 39.0 Å². The fraction of sp³-hybridized carbons (Fsp3) is 0.450. The molecule has 25 heavy (non-hydrogen) atoms. The van der Waals surface area contributed by atoms with Crippen molar-refractivity contribution in [3.05, 3.63) is 53.5 Å². The SMILES string of the molecule is CCCOc1ccccc1C(CC(C)C)NC(=O)c1coc(CN)c1. The van der Waals surface area contributed by atoms with Crippen LogP contribution in [0.4, 0.5) is 0 Å². The molecule has 1 heterocycles. The van der Waals surface area contributed by atoms with Crippen molar-refractivity contribution >= 4 is 5.91 Å². The van der Waals surface area contributed by atoms with Crippen LogP contribution in [0.3, 0.4) is 0 Å². The van der Waals surface area contributed by atoms with Crippen LogP contribution >= 0.6 is 0 Å². The van der Waals surface area contributed by atoms with E-state index >= 15 is 0 Å². The van der Waals surface area contributed by atoms with E-state index in [1.165, 1.54) is 6.26 Å². The average Bonchev–Trinajstić information content (AvgIpc) is 3.08. The minimum absolute atomic E-state index is 0.128. The summed E-state index contributed by atoms with van der Waals surface area (Å²) in [5.41, 5.74) is 7.03. The Balaban J connectivity index is 2.22. The number of carbonyl (C=O) groups excluding carboxylic acids is 1. The molecular weight excluding hydrogens is 316 g/mol. The maximum Gasteiger partial charge on any atom is 0.255 e. The number of furan rings is 1. The second-order valence-electron chi connectivity index (χ2n) is 6.55. The summed E-state index contributed by atoms with van der Waals surface area (Å²) in [5.74, 6) is 1.68. The lowest BCUT2D eigenvalue weighted by molar-refractivity contribution is 0.0930. The van der Waals surface area contributed by atoms with Gasteiger partial charge in [0.15, 0.2) is 0 Å². The van der Waals surface area contributed by atoms with Crippen molar-refractivity contribution in [3.63, 3.8) is 0 Å². The fourth-order valence-corrected chi connectivity index (χ4v) is 2.70. The number of hydrogen-bond donors (Lipinski definition) is 2. The quantitative estimate of drug-likeness (QED) is 0.719. The number of para-hydroxylation sites is 1. The molecule has 0 spiro atoms. The molecule has 5 heteroatoms. The van der Waals surface area contributed by atoms with Gasteiger partial charge in [-0.3, -0.25) is 4.79 Å². The van der Waals surface area contributed by atoms with Gasteiger partial charge in [-0.2, -0.15) is 0 Å². The normalized spacial score (nSPS) is 12.2. The number of rotatable bonds is 9. The van der Waals surface area contributed by atoms with Crippen LogP contribution in [-0.2, 0) is 6.54 Å². The minimum Gasteiger partial charge on any atom is -0.493 e. The molecule has 0 aliphatic heterocycles. The third-order valence-electron chi connectivity index (χ3n) is 3.89. The zero-order valence-corrected chi connectivity index (χ0v) is 15.2. The summed E-state index contributed by atoms with van der Waals surface area (Å²) in [6.07, 6.45) is 3.20. The van der Waals surface area contributed by atoms with Crippen molar-refractivity contribution in [2.45, 2.75) is 46.2 Å². The largest absolute Gasteiger partial charge is 0.493 e. The lowest BCUT2D eigenvalue weighted by Gasteiger charge is -2.23. The molecule has 0 radical (unpaired) electrons. The Bertz CT molecular complexity index is 679. The molecule has 0 saturated carbocycles. The van der Waals surface area contributed by atoms with E-state index in [2.05, 4.69) is 26.1 Å². The van der Waals surface area contributed by atoms with Crippen molar-refractivity contribution in [1.82, 2.24) is 5.32 Å². The van der Waals surface area contributed by atoms with E-state index in [9.17, 15) is 4.79 Å². The first kappa shape index (κ1) is 19.1. The highest BCUT2D eigenvalue weighted by molar-refractivity contribution is 5.94. The molecule has 0 fully saturated rings. The zero-order valence-electron chi connectivity index (χ0n) is 15.2. The lowest BCUT2D eigenvalue weighted by Crippen LogP contribution is -2.29. The van der Waals surface area contributed by atoms with E-state index in [0.29, 0.717) is 23.8 Å². The highest BCUT2D eigenvalue weighted by Crippen LogP contribution is 2.30. The van der Waals surface area contributed by atoms with Gasteiger partial charge in [-0.25, -0.2) is 0 Å². The Hall–Kier alpha value is -2.27. The van der Waals surface area contributed by atoms with Crippen molar-refractivity contribution in [1.29, 1.82) is 0 Å². The van der Waals surface area contributed by atoms with Gasteiger partial charge in [0.05, 0.1) is 24.8 Å². The molecule has 0 aliphatic carbocycles. The predicted molar refractivity (Wildman–Crippen MR) is 98.5 cm³/mol. The molecule has 0 bridgehead atoms. The Labute approximate surface area is 149 Å². The fourth-order valence-electron chi connectivity index (χ4n) is 2.70. The van der Waals surface area contributed by atoms with E-state index in [-0.39, 0.29) is 18.5 Å². The van der Waals surface area contributed by atoms with Gasteiger partial charge in [0, 0.05) is 5.56 Å². The molecule has 0 aliphatic rings. The van der Waals surface area contributed by atoms with Crippen LogP contribution < -0.4 is 15.8 Å². The van der Waals surface area contributed by atoms with Crippen LogP contribution in [0.25, 0.3) is 0 Å². The van der Waals surface area contributed by atoms with E-state index in [4.69, 9.17) is 14.9 Å². The molecule has 5 nitrogen and oxygen atoms in total. The molecule has 2 rings (SSSR count). The first-order valence-electron chi connectivity index (χ1n) is 8.85. The molecule has 1 aromatic heterocycles. The first-order chi connectivity index (χ1) is 12.0. The minimum atomic E-state index is -0.167. The molecule has 1 amide bonds. The van der Waals surface area contributed by atoms with Crippen LogP contribution in [0.1, 0.15) is 61.3 Å². The zero-order chi connectivity index (χ0) is 18.2. The van der Waals surface area contributed by atoms with E-state index in [1.54, 1.807) is 6.07 Å². The predicted octanol–water partition coefficient (Wildman–Crippen LogP) is 4.04. The Morgan fingerprint density at radius 1 is 1.32 bits per heavy atom. The first-order valence-corrected chi connectivity index (χ1v) is 8.85. The molecule has 136 valence electrons. The Morgan fingerprint density at radius 3 is 2.72 bits per heavy atom. The van der Waals surface area contributed by atoms with Crippen molar-refractivity contribution in [2.24, 2.45) is 11.7 Å². The molecular formula is C20H28N2O3. The van der Waals surface area contributed by atoms with Crippen LogP contribution in [0.15, 0.2) is 41.0 Å². The highest BCUT2D eigenvalue weighted by atomic mass is 16.5. The number of carbonyl (C=O) groups is 1. The van der Waals surface area contributed by atoms with Gasteiger partial charge >= 0.3 is 0 Å². The Morgan fingerprint density at radius 2 is 2.08 bits per heavy atom. The maximum atomic E-state index is 12.6. The lowest BCUT2D eigenvalue weighted by atomic mass is 9.96. The molecule has 1 unspecified atom stereocenters. The van der Waals surface area contributed by atoms with Gasteiger partial charge in [0.25, 0.3) is 5.91 Å². The summed E-state index contributed by atoms with van der Waals surface area (Å²) in [6.45, 7) is 7.28. The van der Waals surface area contributed by atoms with E-state index in [0.717, 1.165) is 24.2 Å². The topological polar surface area (TPSA) is 77.5 Å². The third kappa shape index (κ3) is 5.36. The number of nitrogens with one attached hydrogen (secondary N) is 1. The summed E-state index contributed by atoms with van der Waals surface area (Å²) in [7, 11) is 0. The van der Waals surface area contributed by atoms with Crippen molar-refractivity contribution < 1.29 is 13.9 Å². The molecule has 3 N–H and O–H groups in total. The van der Waals surface area contributed by atoms with E-state index in [1.807, 2.05) is 24.3 Å². The molecule has 0 saturated heterocycles. The average molecular weight is 344 g/mol. The molecule has 1 atom stereocenters. The second kappa shape index (κ2) is 9.28. The summed E-state index contributed by atoms with van der Waals surface area (Å²) < 4.78 is 11.1. The number of benzene rings is 1. The summed E-state index contributed by atoms with van der Waals surface area (Å²) >= 11 is 0. The third-order valence-corrected chi connectivity index (χ3v) is 3.89. The van der Waals surface area contributed by atoms with Gasteiger partial charge in [0.1, 0.15) is 17.8 Å². The Kier molecular flexibility index (Phi) is 7.07. The van der Waals surface area contributed by atoms with Crippen LogP contribution in [0.5, 0.6) is 5.75 Å². The van der Waals surface area contributed by atoms with Gasteiger partial charge in [-0.15, -0.1) is 0 Å². The monoisotopic (exact) mass is 344 g/mol. The number of hydrogen-bond acceptors (Lipinski definition) is 4. The van der Waals surface area contributed by atoms with Gasteiger partial charge in [-0.05, 0) is 30.9 Å². The van der Waals surface area contributed by atoms with Gasteiger partial charge < -0.3 is 20.2 Å². The van der Waals surface area contributed by atoms with E-state index < -0.39 is 0 Å². The van der Waals surface area contributed by atoms with Crippen molar-refractivity contribution in [3.8, 4) is 5.75 Å². The van der Waals surface area contributed by atoms with Crippen LogP contribution in [-0.4, -0.2) is 12.5 Å². The number of ether oxygens (including phenoxy) is 1. The van der Waals surface area contributed by atoms with Gasteiger partial charge in [0.2, 0.25) is 0 Å². The molecule has 2 aromatic rings. The molecule has 1 aromatic carbocycles. The number of amides is 1. The number of nitrogens with two attached hydrogens (primary N) is 1. The maximum absolute atomic E-state index is 12.6. The van der Waals surface area contributed by atoms with Crippen LogP contribution in [0, 0.1) is 5.92 Å². The van der Waals surface area contributed by atoms with Crippen molar-refractivity contribution in [2.75, 3.05) is 6.61 Å². The van der Waals surface area contributed by atoms with Crippen LogP contribution in [0.2, 0.25) is 0 Å².